The number of ether oxygens (including phenoxy) is 3. The number of benzene rings is 2. The van der Waals surface area contributed by atoms with E-state index in [0.717, 1.165) is 24.4 Å². The molecule has 2 atom stereocenters. The van der Waals surface area contributed by atoms with Crippen LogP contribution in [0.15, 0.2) is 48.5 Å². The second kappa shape index (κ2) is 9.35. The van der Waals surface area contributed by atoms with E-state index in [0.29, 0.717) is 6.61 Å². The van der Waals surface area contributed by atoms with Crippen LogP contribution in [0.4, 0.5) is 5.69 Å². The first-order valence-electron chi connectivity index (χ1n) is 10.4. The molecule has 6 nitrogen and oxygen atoms in total. The monoisotopic (exact) mass is 414 g/mol. The van der Waals surface area contributed by atoms with Crippen LogP contribution in [-0.2, 0) is 22.4 Å². The Kier molecular flexibility index (Phi) is 7.03. The van der Waals surface area contributed by atoms with Crippen molar-refractivity contribution >= 4 is 5.69 Å². The first-order chi connectivity index (χ1) is 14.2. The molecule has 2 aromatic carbocycles. The van der Waals surface area contributed by atoms with Gasteiger partial charge < -0.3 is 24.6 Å². The number of epoxide rings is 1. The smallest absolute Gasteiger partial charge is 0.170 e. The minimum absolute atomic E-state index is 0.00393. The third-order valence-electron chi connectivity index (χ3n) is 5.75. The van der Waals surface area contributed by atoms with Crippen molar-refractivity contribution in [3.63, 3.8) is 0 Å². The summed E-state index contributed by atoms with van der Waals surface area (Å²) in [6, 6.07) is 16.3. The van der Waals surface area contributed by atoms with Crippen molar-refractivity contribution < 1.29 is 19.3 Å². The maximum Gasteiger partial charge on any atom is 0.170 e. The Morgan fingerprint density at radius 3 is 2.17 bits per heavy atom. The fourth-order valence-corrected chi connectivity index (χ4v) is 2.87. The van der Waals surface area contributed by atoms with Crippen LogP contribution in [-0.4, -0.2) is 42.5 Å². The van der Waals surface area contributed by atoms with Crippen LogP contribution < -0.4 is 15.4 Å². The van der Waals surface area contributed by atoms with E-state index in [4.69, 9.17) is 14.2 Å². The van der Waals surface area contributed by atoms with E-state index < -0.39 is 11.2 Å². The number of methoxy groups -OCH3 is 1. The molecule has 2 aromatic rings. The Labute approximate surface area is 179 Å². The van der Waals surface area contributed by atoms with Gasteiger partial charge in [0.25, 0.3) is 0 Å². The summed E-state index contributed by atoms with van der Waals surface area (Å²) in [5, 5.41) is 16.9. The fourth-order valence-electron chi connectivity index (χ4n) is 2.87. The molecular weight excluding hydrogens is 380 g/mol. The Morgan fingerprint density at radius 2 is 1.57 bits per heavy atom. The Balaban J connectivity index is 1.38. The molecule has 0 radical (unpaired) electrons. The maximum atomic E-state index is 10.2. The Hall–Kier alpha value is -2.12. The summed E-state index contributed by atoms with van der Waals surface area (Å²) in [5.74, 6) is 0.858. The molecule has 1 fully saturated rings. The number of hydrogen-bond donors (Lipinski definition) is 3. The summed E-state index contributed by atoms with van der Waals surface area (Å²) in [6.45, 7) is 8.67. The molecule has 0 amide bonds. The van der Waals surface area contributed by atoms with Gasteiger partial charge in [-0.1, -0.05) is 24.3 Å². The molecule has 3 N–H and O–H groups in total. The SMILES string of the molecule is COc1ccc(CNC2OC2Nc2ccc(CCOC(C)(C)C(C)(C)O)cc2)cc1. The molecule has 2 unspecified atom stereocenters. The molecule has 0 saturated carbocycles. The van der Waals surface area contributed by atoms with Gasteiger partial charge in [0.2, 0.25) is 0 Å². The minimum Gasteiger partial charge on any atom is -0.497 e. The lowest BCUT2D eigenvalue weighted by atomic mass is 9.89. The average molecular weight is 415 g/mol. The average Bonchev–Trinajstić information content (AvgIpc) is 3.45. The third kappa shape index (κ3) is 6.19. The zero-order valence-electron chi connectivity index (χ0n) is 18.6. The van der Waals surface area contributed by atoms with Crippen molar-refractivity contribution in [1.82, 2.24) is 5.32 Å². The normalized spacial score (nSPS) is 18.9. The van der Waals surface area contributed by atoms with Gasteiger partial charge in [0.15, 0.2) is 12.5 Å². The predicted molar refractivity (Wildman–Crippen MR) is 119 cm³/mol. The van der Waals surface area contributed by atoms with Crippen molar-refractivity contribution in [3.8, 4) is 5.75 Å². The maximum absolute atomic E-state index is 10.2. The van der Waals surface area contributed by atoms with E-state index in [1.54, 1.807) is 21.0 Å². The molecule has 6 heteroatoms. The highest BCUT2D eigenvalue weighted by Crippen LogP contribution is 2.26. The molecular formula is C24H34N2O4. The van der Waals surface area contributed by atoms with Gasteiger partial charge in [-0.15, -0.1) is 0 Å². The largest absolute Gasteiger partial charge is 0.497 e. The van der Waals surface area contributed by atoms with Crippen LogP contribution >= 0.6 is 0 Å². The third-order valence-corrected chi connectivity index (χ3v) is 5.75. The first kappa shape index (κ1) is 22.6. The molecule has 1 heterocycles. The van der Waals surface area contributed by atoms with E-state index in [1.165, 1.54) is 11.1 Å². The van der Waals surface area contributed by atoms with Gasteiger partial charge in [0.05, 0.1) is 24.9 Å². The molecule has 1 aliphatic heterocycles. The van der Waals surface area contributed by atoms with Crippen molar-refractivity contribution in [2.24, 2.45) is 0 Å². The summed E-state index contributed by atoms with van der Waals surface area (Å²) in [7, 11) is 1.67. The summed E-state index contributed by atoms with van der Waals surface area (Å²) < 4.78 is 16.7. The molecule has 0 aliphatic carbocycles. The number of anilines is 1. The highest BCUT2D eigenvalue weighted by Gasteiger charge is 2.38. The lowest BCUT2D eigenvalue weighted by Crippen LogP contribution is -2.47. The van der Waals surface area contributed by atoms with Gasteiger partial charge in [0, 0.05) is 12.2 Å². The molecule has 1 aliphatic rings. The molecule has 0 spiro atoms. The number of rotatable bonds is 11. The van der Waals surface area contributed by atoms with Crippen molar-refractivity contribution in [3.05, 3.63) is 59.7 Å². The van der Waals surface area contributed by atoms with E-state index in [9.17, 15) is 5.11 Å². The highest BCUT2D eigenvalue weighted by molar-refractivity contribution is 5.46. The van der Waals surface area contributed by atoms with Crippen molar-refractivity contribution in [2.75, 3.05) is 19.0 Å². The molecule has 3 rings (SSSR count). The fraction of sp³-hybridized carbons (Fsp3) is 0.500. The molecule has 164 valence electrons. The van der Waals surface area contributed by atoms with Gasteiger partial charge in [-0.25, -0.2) is 0 Å². The number of hydrogen-bond acceptors (Lipinski definition) is 6. The van der Waals surface area contributed by atoms with Crippen molar-refractivity contribution in [2.45, 2.75) is 64.3 Å². The van der Waals surface area contributed by atoms with Gasteiger partial charge in [-0.2, -0.15) is 0 Å². The topological polar surface area (TPSA) is 75.3 Å². The summed E-state index contributed by atoms with van der Waals surface area (Å²) >= 11 is 0. The van der Waals surface area contributed by atoms with Crippen molar-refractivity contribution in [1.29, 1.82) is 0 Å². The number of aliphatic hydroxyl groups is 1. The van der Waals surface area contributed by atoms with E-state index in [-0.39, 0.29) is 12.5 Å². The van der Waals surface area contributed by atoms with Gasteiger partial charge >= 0.3 is 0 Å². The van der Waals surface area contributed by atoms with E-state index >= 15 is 0 Å². The van der Waals surface area contributed by atoms with Crippen LogP contribution in [0.25, 0.3) is 0 Å². The summed E-state index contributed by atoms with van der Waals surface area (Å²) in [6.07, 6.45) is 0.778. The van der Waals surface area contributed by atoms with Crippen LogP contribution in [0.1, 0.15) is 38.8 Å². The van der Waals surface area contributed by atoms with E-state index in [1.807, 2.05) is 38.1 Å². The first-order valence-corrected chi connectivity index (χ1v) is 10.4. The summed E-state index contributed by atoms with van der Waals surface area (Å²) in [4.78, 5) is 0. The van der Waals surface area contributed by atoms with Gasteiger partial charge in [0.1, 0.15) is 5.75 Å². The van der Waals surface area contributed by atoms with E-state index in [2.05, 4.69) is 34.9 Å². The van der Waals surface area contributed by atoms with Crippen LogP contribution in [0.3, 0.4) is 0 Å². The highest BCUT2D eigenvalue weighted by atomic mass is 16.6. The molecule has 0 bridgehead atoms. The van der Waals surface area contributed by atoms with Crippen LogP contribution in [0, 0.1) is 0 Å². The second-order valence-corrected chi connectivity index (χ2v) is 8.72. The Morgan fingerprint density at radius 1 is 0.933 bits per heavy atom. The van der Waals surface area contributed by atoms with Gasteiger partial charge in [-0.05, 0) is 69.5 Å². The zero-order chi connectivity index (χ0) is 21.8. The summed E-state index contributed by atoms with van der Waals surface area (Å²) in [5.41, 5.74) is 1.92. The predicted octanol–water partition coefficient (Wildman–Crippen LogP) is 3.69. The lowest BCUT2D eigenvalue weighted by molar-refractivity contribution is -0.146. The second-order valence-electron chi connectivity index (χ2n) is 8.72. The van der Waals surface area contributed by atoms with Gasteiger partial charge in [-0.3, -0.25) is 5.32 Å². The minimum atomic E-state index is -0.886. The number of nitrogens with one attached hydrogen (secondary N) is 2. The van der Waals surface area contributed by atoms with Crippen LogP contribution in [0.2, 0.25) is 0 Å². The quantitative estimate of drug-likeness (QED) is 0.487. The Bertz CT molecular complexity index is 797. The lowest BCUT2D eigenvalue weighted by Gasteiger charge is -2.37. The zero-order valence-corrected chi connectivity index (χ0v) is 18.6. The molecule has 0 aromatic heterocycles. The molecule has 30 heavy (non-hydrogen) atoms. The van der Waals surface area contributed by atoms with Crippen LogP contribution in [0.5, 0.6) is 5.75 Å². The standard InChI is InChI=1S/C24H34N2O4/c1-23(2,27)24(3,4)29-15-14-17-6-10-19(11-7-17)26-22-21(30-22)25-16-18-8-12-20(28-5)13-9-18/h6-13,21-22,25-27H,14-16H2,1-5H3. The molecule has 1 saturated heterocycles.